The van der Waals surface area contributed by atoms with Gasteiger partial charge in [-0.3, -0.25) is 4.90 Å². The van der Waals surface area contributed by atoms with Gasteiger partial charge in [-0.05, 0) is 42.3 Å². The highest BCUT2D eigenvalue weighted by atomic mass is 19.4. The summed E-state index contributed by atoms with van der Waals surface area (Å²) in [6.45, 7) is 2.15. The molecular weight excluding hydrogens is 365 g/mol. The number of aromatic hydroxyl groups is 1. The Kier molecular flexibility index (Phi) is 4.89. The van der Waals surface area contributed by atoms with Gasteiger partial charge in [0.2, 0.25) is 0 Å². The van der Waals surface area contributed by atoms with Crippen LogP contribution < -0.4 is 0 Å². The van der Waals surface area contributed by atoms with Crippen molar-refractivity contribution in [3.8, 4) is 5.75 Å². The second-order valence-corrected chi connectivity index (χ2v) is 7.10. The van der Waals surface area contributed by atoms with E-state index in [1.807, 2.05) is 30.5 Å². The van der Waals surface area contributed by atoms with Crippen LogP contribution in [0.4, 0.5) is 13.2 Å². The summed E-state index contributed by atoms with van der Waals surface area (Å²) in [5.74, 6) is 0.230. The van der Waals surface area contributed by atoms with E-state index in [0.29, 0.717) is 6.54 Å². The second-order valence-electron chi connectivity index (χ2n) is 7.10. The van der Waals surface area contributed by atoms with Crippen molar-refractivity contribution < 1.29 is 18.3 Å². The number of hydrogen-bond donors (Lipinski definition) is 1. The summed E-state index contributed by atoms with van der Waals surface area (Å²) in [6, 6.07) is 16.4. The highest BCUT2D eigenvalue weighted by Crippen LogP contribution is 2.36. The van der Waals surface area contributed by atoms with Crippen LogP contribution in [-0.4, -0.2) is 21.1 Å². The summed E-state index contributed by atoms with van der Waals surface area (Å²) < 4.78 is 41.1. The molecule has 2 aromatic carbocycles. The van der Waals surface area contributed by atoms with Gasteiger partial charge >= 0.3 is 6.18 Å². The summed E-state index contributed by atoms with van der Waals surface area (Å²) in [5, 5.41) is 10.2. The van der Waals surface area contributed by atoms with Gasteiger partial charge in [0.05, 0.1) is 11.6 Å². The first-order valence-corrected chi connectivity index (χ1v) is 9.26. The predicted octanol–water partition coefficient (Wildman–Crippen LogP) is 5.21. The minimum atomic E-state index is -4.35. The van der Waals surface area contributed by atoms with Gasteiger partial charge in [0.1, 0.15) is 5.75 Å². The van der Waals surface area contributed by atoms with E-state index in [9.17, 15) is 18.3 Å². The molecule has 146 valence electrons. The Balaban J connectivity index is 1.73. The van der Waals surface area contributed by atoms with Gasteiger partial charge in [-0.2, -0.15) is 13.2 Å². The summed E-state index contributed by atoms with van der Waals surface area (Å²) in [7, 11) is 0. The number of halogens is 3. The van der Waals surface area contributed by atoms with E-state index >= 15 is 0 Å². The van der Waals surface area contributed by atoms with Crippen LogP contribution in [0.25, 0.3) is 0 Å². The molecular formula is C22H21F3N2O. The number of aryl methyl sites for hydroxylation is 1. The SMILES string of the molecule is Oc1ccccc1CN1CCCn2cccc2[C@@H]1c1ccc(C(F)(F)F)cc1. The average Bonchev–Trinajstić information content (AvgIpc) is 3.04. The maximum absolute atomic E-state index is 13.0. The lowest BCUT2D eigenvalue weighted by Crippen LogP contribution is -2.29. The number of alkyl halides is 3. The van der Waals surface area contributed by atoms with Crippen LogP contribution in [0.5, 0.6) is 5.75 Å². The quantitative estimate of drug-likeness (QED) is 0.670. The van der Waals surface area contributed by atoms with Crippen molar-refractivity contribution in [1.29, 1.82) is 0 Å². The van der Waals surface area contributed by atoms with Gasteiger partial charge < -0.3 is 9.67 Å². The Morgan fingerprint density at radius 3 is 2.39 bits per heavy atom. The number of nitrogens with zero attached hydrogens (tertiary/aromatic N) is 2. The molecule has 6 heteroatoms. The third-order valence-corrected chi connectivity index (χ3v) is 5.27. The molecule has 0 bridgehead atoms. The fourth-order valence-electron chi connectivity index (χ4n) is 3.91. The van der Waals surface area contributed by atoms with Crippen molar-refractivity contribution in [3.63, 3.8) is 0 Å². The predicted molar refractivity (Wildman–Crippen MR) is 101 cm³/mol. The zero-order valence-electron chi connectivity index (χ0n) is 15.2. The minimum Gasteiger partial charge on any atom is -0.508 e. The average molecular weight is 386 g/mol. The van der Waals surface area contributed by atoms with Crippen LogP contribution in [-0.2, 0) is 19.3 Å². The van der Waals surface area contributed by atoms with E-state index < -0.39 is 11.7 Å². The van der Waals surface area contributed by atoms with Crippen molar-refractivity contribution in [2.24, 2.45) is 0 Å². The maximum Gasteiger partial charge on any atom is 0.416 e. The molecule has 3 aromatic rings. The molecule has 0 fully saturated rings. The molecule has 1 aromatic heterocycles. The molecule has 1 aliphatic rings. The van der Waals surface area contributed by atoms with E-state index in [4.69, 9.17) is 0 Å². The standard InChI is InChI=1S/C22H21F3N2O/c23-22(24,25)18-10-8-16(9-11-18)21-19-6-3-12-26(19)13-4-14-27(21)15-17-5-1-2-7-20(17)28/h1-3,5-12,21,28H,4,13-15H2/t21-/m0/s1. The molecule has 0 aliphatic carbocycles. The van der Waals surface area contributed by atoms with E-state index in [1.54, 1.807) is 24.3 Å². The van der Waals surface area contributed by atoms with Crippen molar-refractivity contribution in [2.45, 2.75) is 31.7 Å². The summed E-state index contributed by atoms with van der Waals surface area (Å²) in [6.07, 6.45) is -1.42. The Morgan fingerprint density at radius 2 is 1.68 bits per heavy atom. The van der Waals surface area contributed by atoms with E-state index in [2.05, 4.69) is 9.47 Å². The van der Waals surface area contributed by atoms with E-state index in [0.717, 1.165) is 48.5 Å². The first-order valence-electron chi connectivity index (χ1n) is 9.26. The van der Waals surface area contributed by atoms with Crippen LogP contribution >= 0.6 is 0 Å². The van der Waals surface area contributed by atoms with Crippen molar-refractivity contribution in [3.05, 3.63) is 89.2 Å². The number of para-hydroxylation sites is 1. The molecule has 4 rings (SSSR count). The van der Waals surface area contributed by atoms with Gasteiger partial charge in [-0.15, -0.1) is 0 Å². The lowest BCUT2D eigenvalue weighted by molar-refractivity contribution is -0.137. The second kappa shape index (κ2) is 7.36. The molecule has 0 unspecified atom stereocenters. The zero-order valence-corrected chi connectivity index (χ0v) is 15.2. The van der Waals surface area contributed by atoms with Gasteiger partial charge in [0.15, 0.2) is 0 Å². The summed E-state index contributed by atoms with van der Waals surface area (Å²) >= 11 is 0. The van der Waals surface area contributed by atoms with Crippen LogP contribution in [0, 0.1) is 0 Å². The van der Waals surface area contributed by atoms with Crippen molar-refractivity contribution >= 4 is 0 Å². The zero-order chi connectivity index (χ0) is 19.7. The monoisotopic (exact) mass is 386 g/mol. The molecule has 0 radical (unpaired) electrons. The highest BCUT2D eigenvalue weighted by Gasteiger charge is 2.32. The Labute approximate surface area is 161 Å². The number of benzene rings is 2. The van der Waals surface area contributed by atoms with Gasteiger partial charge in [0, 0.05) is 37.1 Å². The molecule has 1 aliphatic heterocycles. The molecule has 3 nitrogen and oxygen atoms in total. The van der Waals surface area contributed by atoms with Crippen LogP contribution in [0.2, 0.25) is 0 Å². The fraction of sp³-hybridized carbons (Fsp3) is 0.273. The smallest absolute Gasteiger partial charge is 0.416 e. The molecule has 0 spiro atoms. The fourth-order valence-corrected chi connectivity index (χ4v) is 3.91. The lowest BCUT2D eigenvalue weighted by atomic mass is 9.99. The maximum atomic E-state index is 13.0. The first kappa shape index (κ1) is 18.6. The molecule has 0 saturated carbocycles. The van der Waals surface area contributed by atoms with Gasteiger partial charge in [0.25, 0.3) is 0 Å². The summed E-state index contributed by atoms with van der Waals surface area (Å²) in [5.41, 5.74) is 2.02. The number of rotatable bonds is 3. The topological polar surface area (TPSA) is 28.4 Å². The third kappa shape index (κ3) is 3.64. The number of aromatic nitrogens is 1. The number of phenols is 1. The van der Waals surface area contributed by atoms with Gasteiger partial charge in [-0.25, -0.2) is 0 Å². The third-order valence-electron chi connectivity index (χ3n) is 5.27. The summed E-state index contributed by atoms with van der Waals surface area (Å²) in [4.78, 5) is 2.22. The number of fused-ring (bicyclic) bond motifs is 1. The van der Waals surface area contributed by atoms with Crippen LogP contribution in [0.1, 0.15) is 34.8 Å². The van der Waals surface area contributed by atoms with E-state index in [-0.39, 0.29) is 11.8 Å². The van der Waals surface area contributed by atoms with Crippen molar-refractivity contribution in [2.75, 3.05) is 6.54 Å². The Hall–Kier alpha value is -2.73. The molecule has 0 amide bonds. The number of hydrogen-bond acceptors (Lipinski definition) is 2. The van der Waals surface area contributed by atoms with Crippen LogP contribution in [0.3, 0.4) is 0 Å². The Morgan fingerprint density at radius 1 is 0.929 bits per heavy atom. The molecule has 1 atom stereocenters. The molecule has 1 N–H and O–H groups in total. The van der Waals surface area contributed by atoms with Crippen molar-refractivity contribution in [1.82, 2.24) is 9.47 Å². The van der Waals surface area contributed by atoms with E-state index in [1.165, 1.54) is 0 Å². The Bertz CT molecular complexity index is 947. The highest BCUT2D eigenvalue weighted by molar-refractivity contribution is 5.35. The molecule has 28 heavy (non-hydrogen) atoms. The molecule has 0 saturated heterocycles. The number of phenolic OH excluding ortho intramolecular Hbond substituents is 1. The minimum absolute atomic E-state index is 0.181. The largest absolute Gasteiger partial charge is 0.508 e. The molecule has 2 heterocycles. The van der Waals surface area contributed by atoms with Gasteiger partial charge in [-0.1, -0.05) is 30.3 Å². The first-order chi connectivity index (χ1) is 13.4. The van der Waals surface area contributed by atoms with Crippen LogP contribution in [0.15, 0.2) is 66.9 Å². The normalized spacial score (nSPS) is 17.9. The lowest BCUT2D eigenvalue weighted by Gasteiger charge is -2.31.